The zero-order chi connectivity index (χ0) is 24.5. The molecule has 0 aliphatic carbocycles. The molecule has 0 N–H and O–H groups in total. The van der Waals surface area contributed by atoms with E-state index in [1.807, 2.05) is 66.7 Å². The molecule has 35 heavy (non-hydrogen) atoms. The molecule has 2 aliphatic rings. The highest BCUT2D eigenvalue weighted by Crippen LogP contribution is 2.52. The molecule has 180 valence electrons. The van der Waals surface area contributed by atoms with E-state index in [0.29, 0.717) is 22.8 Å². The fraction of sp³-hybridized carbons (Fsp3) is 0.259. The molecule has 8 nitrogen and oxygen atoms in total. The fourth-order valence-electron chi connectivity index (χ4n) is 4.87. The first-order chi connectivity index (χ1) is 17.1. The van der Waals surface area contributed by atoms with Crippen LogP contribution in [0.3, 0.4) is 0 Å². The van der Waals surface area contributed by atoms with Gasteiger partial charge in [0, 0.05) is 5.56 Å². The smallest absolute Gasteiger partial charge is 0.262 e. The number of likely N-dealkylation sites (tertiary alicyclic amines) is 1. The molecule has 3 aromatic rings. The maximum atomic E-state index is 13.7. The lowest BCUT2D eigenvalue weighted by Crippen LogP contribution is -2.37. The van der Waals surface area contributed by atoms with Crippen LogP contribution in [0.4, 0.5) is 5.69 Å². The van der Waals surface area contributed by atoms with Gasteiger partial charge in [0.1, 0.15) is 12.0 Å². The van der Waals surface area contributed by atoms with Crippen molar-refractivity contribution in [2.45, 2.75) is 18.7 Å². The lowest BCUT2D eigenvalue weighted by Gasteiger charge is -2.30. The number of fused-ring (bicyclic) bond motifs is 1. The Kier molecular flexibility index (Phi) is 6.05. The largest absolute Gasteiger partial charge is 0.493 e. The molecule has 2 aliphatic heterocycles. The number of imide groups is 1. The number of rotatable bonds is 7. The molecule has 0 saturated carbocycles. The minimum atomic E-state index is -0.950. The predicted molar refractivity (Wildman–Crippen MR) is 128 cm³/mol. The van der Waals surface area contributed by atoms with Gasteiger partial charge in [-0.05, 0) is 29.8 Å². The van der Waals surface area contributed by atoms with Crippen LogP contribution in [0.2, 0.25) is 0 Å². The van der Waals surface area contributed by atoms with Crippen LogP contribution >= 0.6 is 0 Å². The fourth-order valence-corrected chi connectivity index (χ4v) is 4.87. The molecule has 0 bridgehead atoms. The highest BCUT2D eigenvalue weighted by Gasteiger charge is 2.60. The van der Waals surface area contributed by atoms with Crippen molar-refractivity contribution < 1.29 is 28.6 Å². The predicted octanol–water partition coefficient (Wildman–Crippen LogP) is 3.76. The van der Waals surface area contributed by atoms with Gasteiger partial charge in [-0.3, -0.25) is 19.3 Å². The summed E-state index contributed by atoms with van der Waals surface area (Å²) in [5.41, 5.74) is 2.25. The first-order valence-electron chi connectivity index (χ1n) is 11.3. The zero-order valence-electron chi connectivity index (χ0n) is 19.7. The monoisotopic (exact) mass is 474 g/mol. The SMILES string of the molecule is COc1ccc([C@@H]2[C@H]3C(=O)N(Cc4ccccc4)C(=O)[C@H]3ON2c2ccccc2)c(OC)c1OC. The Hall–Kier alpha value is -4.04. The van der Waals surface area contributed by atoms with Crippen LogP contribution < -0.4 is 19.3 Å². The summed E-state index contributed by atoms with van der Waals surface area (Å²) < 4.78 is 16.8. The number of carbonyl (C=O) groups is 2. The number of ether oxygens (including phenoxy) is 3. The summed E-state index contributed by atoms with van der Waals surface area (Å²) in [6.45, 7) is 0.190. The second-order valence-electron chi connectivity index (χ2n) is 8.33. The van der Waals surface area contributed by atoms with E-state index in [1.165, 1.54) is 19.1 Å². The molecule has 0 radical (unpaired) electrons. The van der Waals surface area contributed by atoms with E-state index in [-0.39, 0.29) is 18.4 Å². The zero-order valence-corrected chi connectivity index (χ0v) is 19.7. The Balaban J connectivity index is 1.61. The Labute approximate surface area is 203 Å². The van der Waals surface area contributed by atoms with Gasteiger partial charge in [0.05, 0.1) is 33.6 Å². The first kappa shape index (κ1) is 22.7. The Morgan fingerprint density at radius 1 is 0.771 bits per heavy atom. The number of para-hydroxylation sites is 1. The number of hydrogen-bond donors (Lipinski definition) is 0. The molecule has 2 saturated heterocycles. The number of methoxy groups -OCH3 is 3. The van der Waals surface area contributed by atoms with Crippen LogP contribution in [0.25, 0.3) is 0 Å². The molecule has 0 unspecified atom stereocenters. The van der Waals surface area contributed by atoms with E-state index in [2.05, 4.69) is 0 Å². The minimum absolute atomic E-state index is 0.190. The molecular weight excluding hydrogens is 448 g/mol. The summed E-state index contributed by atoms with van der Waals surface area (Å²) in [5, 5.41) is 1.63. The van der Waals surface area contributed by atoms with E-state index in [9.17, 15) is 9.59 Å². The van der Waals surface area contributed by atoms with Gasteiger partial charge in [0.2, 0.25) is 11.7 Å². The lowest BCUT2D eigenvalue weighted by molar-refractivity contribution is -0.143. The lowest BCUT2D eigenvalue weighted by atomic mass is 9.89. The summed E-state index contributed by atoms with van der Waals surface area (Å²) in [5.74, 6) is -0.0886. The molecule has 5 rings (SSSR count). The summed E-state index contributed by atoms with van der Waals surface area (Å²) in [6.07, 6.45) is -0.950. The minimum Gasteiger partial charge on any atom is -0.493 e. The van der Waals surface area contributed by atoms with Gasteiger partial charge in [-0.25, -0.2) is 5.06 Å². The molecule has 3 aromatic carbocycles. The number of nitrogens with zero attached hydrogens (tertiary/aromatic N) is 2. The molecule has 2 amide bonds. The van der Waals surface area contributed by atoms with Gasteiger partial charge >= 0.3 is 0 Å². The van der Waals surface area contributed by atoms with Crippen molar-refractivity contribution >= 4 is 17.5 Å². The molecular formula is C27H26N2O6. The number of benzene rings is 3. The van der Waals surface area contributed by atoms with E-state index in [0.717, 1.165) is 11.3 Å². The van der Waals surface area contributed by atoms with Crippen LogP contribution in [0.5, 0.6) is 17.2 Å². The standard InChI is InChI=1S/C27H26N2O6/c1-32-20-15-14-19(23(33-2)24(20)34-3)22-21-25(35-29(22)18-12-8-5-9-13-18)27(31)28(26(21)30)16-17-10-6-4-7-11-17/h4-15,21-22,25H,16H2,1-3H3/t21-,22-,25+/m1/s1. The summed E-state index contributed by atoms with van der Waals surface area (Å²) in [7, 11) is 4.60. The Morgan fingerprint density at radius 3 is 2.06 bits per heavy atom. The first-order valence-corrected chi connectivity index (χ1v) is 11.3. The van der Waals surface area contributed by atoms with Gasteiger partial charge in [-0.2, -0.15) is 0 Å². The Morgan fingerprint density at radius 2 is 1.43 bits per heavy atom. The van der Waals surface area contributed by atoms with Crippen LogP contribution in [0, 0.1) is 5.92 Å². The average Bonchev–Trinajstić information content (AvgIpc) is 3.40. The van der Waals surface area contributed by atoms with Gasteiger partial charge < -0.3 is 14.2 Å². The van der Waals surface area contributed by atoms with Crippen molar-refractivity contribution in [3.63, 3.8) is 0 Å². The second-order valence-corrected chi connectivity index (χ2v) is 8.33. The van der Waals surface area contributed by atoms with Crippen molar-refractivity contribution in [2.24, 2.45) is 5.92 Å². The van der Waals surface area contributed by atoms with Crippen molar-refractivity contribution in [1.82, 2.24) is 4.90 Å². The van der Waals surface area contributed by atoms with Gasteiger partial charge in [0.25, 0.3) is 5.91 Å². The average molecular weight is 475 g/mol. The number of hydroxylamine groups is 1. The third kappa shape index (κ3) is 3.76. The van der Waals surface area contributed by atoms with Crippen LogP contribution in [0.1, 0.15) is 17.2 Å². The van der Waals surface area contributed by atoms with Crippen molar-refractivity contribution in [1.29, 1.82) is 0 Å². The quantitative estimate of drug-likeness (QED) is 0.483. The van der Waals surface area contributed by atoms with Gasteiger partial charge in [0.15, 0.2) is 17.6 Å². The molecule has 3 atom stereocenters. The molecule has 2 heterocycles. The van der Waals surface area contributed by atoms with Crippen LogP contribution in [-0.4, -0.2) is 44.1 Å². The molecule has 8 heteroatoms. The maximum absolute atomic E-state index is 13.7. The molecule has 0 spiro atoms. The van der Waals surface area contributed by atoms with Gasteiger partial charge in [-0.15, -0.1) is 0 Å². The van der Waals surface area contributed by atoms with Crippen molar-refractivity contribution in [3.05, 3.63) is 83.9 Å². The van der Waals surface area contributed by atoms with Gasteiger partial charge in [-0.1, -0.05) is 48.5 Å². The highest BCUT2D eigenvalue weighted by atomic mass is 16.7. The van der Waals surface area contributed by atoms with E-state index >= 15 is 0 Å². The maximum Gasteiger partial charge on any atom is 0.262 e. The van der Waals surface area contributed by atoms with Crippen molar-refractivity contribution in [3.8, 4) is 17.2 Å². The van der Waals surface area contributed by atoms with Crippen molar-refractivity contribution in [2.75, 3.05) is 26.4 Å². The second kappa shape index (κ2) is 9.31. The third-order valence-corrected chi connectivity index (χ3v) is 6.45. The molecule has 0 aromatic heterocycles. The summed E-state index contributed by atoms with van der Waals surface area (Å²) in [6, 6.07) is 21.8. The Bertz CT molecular complexity index is 1230. The third-order valence-electron chi connectivity index (χ3n) is 6.45. The van der Waals surface area contributed by atoms with Crippen LogP contribution in [0.15, 0.2) is 72.8 Å². The topological polar surface area (TPSA) is 77.5 Å². The number of carbonyl (C=O) groups excluding carboxylic acids is 2. The van der Waals surface area contributed by atoms with E-state index < -0.39 is 18.1 Å². The summed E-state index contributed by atoms with van der Waals surface area (Å²) >= 11 is 0. The number of hydrogen-bond acceptors (Lipinski definition) is 7. The normalized spacial score (nSPS) is 21.3. The molecule has 2 fully saturated rings. The van der Waals surface area contributed by atoms with Crippen LogP contribution in [-0.2, 0) is 21.0 Å². The number of amides is 2. The summed E-state index contributed by atoms with van der Waals surface area (Å²) in [4.78, 5) is 34.6. The van der Waals surface area contributed by atoms with E-state index in [1.54, 1.807) is 18.2 Å². The van der Waals surface area contributed by atoms with E-state index in [4.69, 9.17) is 19.0 Å². The highest BCUT2D eigenvalue weighted by molar-refractivity contribution is 6.07. The number of anilines is 1.